The largest absolute Gasteiger partial charge is 0.497 e. The van der Waals surface area contributed by atoms with Crippen molar-refractivity contribution in [1.29, 1.82) is 0 Å². The van der Waals surface area contributed by atoms with Gasteiger partial charge in [0.25, 0.3) is 5.91 Å². The van der Waals surface area contributed by atoms with Crippen LogP contribution in [0.4, 0.5) is 5.69 Å². The van der Waals surface area contributed by atoms with E-state index in [1.807, 2.05) is 43.4 Å². The molecular weight excluding hydrogens is 316 g/mol. The van der Waals surface area contributed by atoms with Crippen LogP contribution < -0.4 is 19.7 Å². The monoisotopic (exact) mass is 343 g/mol. The van der Waals surface area contributed by atoms with Crippen LogP contribution in [0.25, 0.3) is 0 Å². The van der Waals surface area contributed by atoms with Crippen LogP contribution in [0.15, 0.2) is 42.5 Å². The highest BCUT2D eigenvalue weighted by Crippen LogP contribution is 2.16. The Labute approximate surface area is 149 Å². The van der Waals surface area contributed by atoms with Crippen molar-refractivity contribution in [3.63, 3.8) is 0 Å². The average molecular weight is 343 g/mol. The summed E-state index contributed by atoms with van der Waals surface area (Å²) in [6.07, 6.45) is 0. The molecule has 1 unspecified atom stereocenters. The van der Waals surface area contributed by atoms with Crippen LogP contribution in [-0.2, 0) is 4.79 Å². The third-order valence-corrected chi connectivity index (χ3v) is 3.83. The van der Waals surface area contributed by atoms with Crippen LogP contribution in [0.5, 0.6) is 11.5 Å². The minimum Gasteiger partial charge on any atom is -0.497 e. The summed E-state index contributed by atoms with van der Waals surface area (Å²) >= 11 is 0. The molecule has 0 aliphatic rings. The Morgan fingerprint density at radius 1 is 1.04 bits per heavy atom. The zero-order chi connectivity index (χ0) is 18.2. The molecule has 0 bridgehead atoms. The quantitative estimate of drug-likeness (QED) is 0.769. The first-order chi connectivity index (χ1) is 12.0. The summed E-state index contributed by atoms with van der Waals surface area (Å²) in [5.41, 5.74) is 3.15. The molecule has 134 valence electrons. The SMILES string of the molecule is COc1ccc(NC(=O)C[NH+](C)CCOc2cc(C)cc(C)c2)cc1. The molecule has 2 N–H and O–H groups in total. The van der Waals surface area contributed by atoms with E-state index in [2.05, 4.69) is 25.2 Å². The number of hydrogen-bond acceptors (Lipinski definition) is 3. The van der Waals surface area contributed by atoms with E-state index < -0.39 is 0 Å². The molecule has 25 heavy (non-hydrogen) atoms. The van der Waals surface area contributed by atoms with Gasteiger partial charge in [-0.05, 0) is 61.4 Å². The van der Waals surface area contributed by atoms with Gasteiger partial charge >= 0.3 is 0 Å². The molecule has 5 nitrogen and oxygen atoms in total. The fourth-order valence-corrected chi connectivity index (χ4v) is 2.60. The van der Waals surface area contributed by atoms with E-state index in [0.717, 1.165) is 28.6 Å². The Morgan fingerprint density at radius 3 is 2.28 bits per heavy atom. The number of quaternary nitrogens is 1. The topological polar surface area (TPSA) is 52.0 Å². The Kier molecular flexibility index (Phi) is 6.83. The number of nitrogens with one attached hydrogen (secondary N) is 2. The number of aryl methyl sites for hydroxylation is 2. The number of carbonyl (C=O) groups is 1. The summed E-state index contributed by atoms with van der Waals surface area (Å²) in [5, 5.41) is 2.89. The molecule has 2 aromatic carbocycles. The number of methoxy groups -OCH3 is 1. The van der Waals surface area contributed by atoms with E-state index in [1.54, 1.807) is 7.11 Å². The maximum absolute atomic E-state index is 12.1. The number of ether oxygens (including phenoxy) is 2. The second-order valence-electron chi connectivity index (χ2n) is 6.33. The number of hydrogen-bond donors (Lipinski definition) is 2. The zero-order valence-corrected chi connectivity index (χ0v) is 15.4. The summed E-state index contributed by atoms with van der Waals surface area (Å²) in [6.45, 7) is 5.83. The molecule has 2 rings (SSSR count). The van der Waals surface area contributed by atoms with E-state index in [0.29, 0.717) is 13.2 Å². The van der Waals surface area contributed by atoms with Crippen LogP contribution in [-0.4, -0.2) is 39.8 Å². The minimum absolute atomic E-state index is 0.0194. The van der Waals surface area contributed by atoms with E-state index in [-0.39, 0.29) is 5.91 Å². The highest BCUT2D eigenvalue weighted by atomic mass is 16.5. The molecule has 0 spiro atoms. The first-order valence-electron chi connectivity index (χ1n) is 8.42. The number of likely N-dealkylation sites (N-methyl/N-ethyl adjacent to an activating group) is 1. The number of anilines is 1. The van der Waals surface area contributed by atoms with Gasteiger partial charge in [-0.15, -0.1) is 0 Å². The fraction of sp³-hybridized carbons (Fsp3) is 0.350. The number of benzene rings is 2. The lowest BCUT2D eigenvalue weighted by atomic mass is 10.1. The van der Waals surface area contributed by atoms with Crippen molar-refractivity contribution in [2.24, 2.45) is 0 Å². The van der Waals surface area contributed by atoms with Gasteiger partial charge in [0, 0.05) is 5.69 Å². The molecule has 0 fully saturated rings. The van der Waals surface area contributed by atoms with Gasteiger partial charge in [0.15, 0.2) is 6.54 Å². The zero-order valence-electron chi connectivity index (χ0n) is 15.4. The molecule has 1 amide bonds. The highest BCUT2D eigenvalue weighted by molar-refractivity contribution is 5.91. The molecule has 2 aromatic rings. The van der Waals surface area contributed by atoms with Crippen molar-refractivity contribution in [2.75, 3.05) is 39.2 Å². The third kappa shape index (κ3) is 6.47. The van der Waals surface area contributed by atoms with Crippen LogP contribution in [0, 0.1) is 13.8 Å². The Bertz CT molecular complexity index is 678. The summed E-state index contributed by atoms with van der Waals surface area (Å²) in [5.74, 6) is 1.63. The maximum atomic E-state index is 12.1. The molecular formula is C20H27N2O3+. The van der Waals surface area contributed by atoms with Crippen molar-refractivity contribution >= 4 is 11.6 Å². The van der Waals surface area contributed by atoms with Gasteiger partial charge in [-0.1, -0.05) is 6.07 Å². The van der Waals surface area contributed by atoms with Gasteiger partial charge in [-0.2, -0.15) is 0 Å². The molecule has 0 saturated heterocycles. The maximum Gasteiger partial charge on any atom is 0.279 e. The second-order valence-corrected chi connectivity index (χ2v) is 6.33. The highest BCUT2D eigenvalue weighted by Gasteiger charge is 2.10. The van der Waals surface area contributed by atoms with Crippen molar-refractivity contribution in [3.8, 4) is 11.5 Å². The lowest BCUT2D eigenvalue weighted by Crippen LogP contribution is -3.10. The molecule has 5 heteroatoms. The molecule has 1 atom stereocenters. The van der Waals surface area contributed by atoms with Crippen LogP contribution in [0.3, 0.4) is 0 Å². The first-order valence-corrected chi connectivity index (χ1v) is 8.42. The Hall–Kier alpha value is -2.53. The lowest BCUT2D eigenvalue weighted by molar-refractivity contribution is -0.871. The fourth-order valence-electron chi connectivity index (χ4n) is 2.60. The Morgan fingerprint density at radius 2 is 1.68 bits per heavy atom. The van der Waals surface area contributed by atoms with Gasteiger partial charge < -0.3 is 19.7 Å². The van der Waals surface area contributed by atoms with E-state index >= 15 is 0 Å². The van der Waals surface area contributed by atoms with Gasteiger partial charge in [0.05, 0.1) is 14.2 Å². The number of amides is 1. The number of rotatable bonds is 8. The van der Waals surface area contributed by atoms with Crippen molar-refractivity contribution in [3.05, 3.63) is 53.6 Å². The van der Waals surface area contributed by atoms with Crippen molar-refractivity contribution < 1.29 is 19.2 Å². The van der Waals surface area contributed by atoms with Crippen molar-refractivity contribution in [1.82, 2.24) is 0 Å². The van der Waals surface area contributed by atoms with Crippen LogP contribution in [0.1, 0.15) is 11.1 Å². The summed E-state index contributed by atoms with van der Waals surface area (Å²) in [4.78, 5) is 13.2. The molecule has 0 radical (unpaired) electrons. The predicted molar refractivity (Wildman–Crippen MR) is 99.7 cm³/mol. The third-order valence-electron chi connectivity index (χ3n) is 3.83. The van der Waals surface area contributed by atoms with Crippen molar-refractivity contribution in [2.45, 2.75) is 13.8 Å². The van der Waals surface area contributed by atoms with Gasteiger partial charge in [-0.3, -0.25) is 4.79 Å². The normalized spacial score (nSPS) is 11.7. The smallest absolute Gasteiger partial charge is 0.279 e. The van der Waals surface area contributed by atoms with E-state index in [9.17, 15) is 4.79 Å². The molecule has 0 aliphatic heterocycles. The predicted octanol–water partition coefficient (Wildman–Crippen LogP) is 1.84. The summed E-state index contributed by atoms with van der Waals surface area (Å²) < 4.78 is 10.9. The van der Waals surface area contributed by atoms with Gasteiger partial charge in [-0.25, -0.2) is 0 Å². The lowest BCUT2D eigenvalue weighted by Gasteiger charge is -2.15. The van der Waals surface area contributed by atoms with Gasteiger partial charge in [0.1, 0.15) is 24.7 Å². The first kappa shape index (κ1) is 18.8. The average Bonchev–Trinajstić information content (AvgIpc) is 2.54. The Balaban J connectivity index is 1.73. The summed E-state index contributed by atoms with van der Waals surface area (Å²) in [7, 11) is 3.60. The van der Waals surface area contributed by atoms with Crippen LogP contribution in [0.2, 0.25) is 0 Å². The van der Waals surface area contributed by atoms with Crippen LogP contribution >= 0.6 is 0 Å². The summed E-state index contributed by atoms with van der Waals surface area (Å²) in [6, 6.07) is 13.5. The molecule has 0 saturated carbocycles. The standard InChI is InChI=1S/C20H26N2O3/c1-15-11-16(2)13-19(12-15)25-10-9-22(3)14-20(23)21-17-5-7-18(24-4)8-6-17/h5-8,11-13H,9-10,14H2,1-4H3,(H,21,23)/p+1. The second kappa shape index (κ2) is 9.08. The van der Waals surface area contributed by atoms with Gasteiger partial charge in [0.2, 0.25) is 0 Å². The minimum atomic E-state index is -0.0194. The molecule has 0 heterocycles. The molecule has 0 aliphatic carbocycles. The molecule has 0 aromatic heterocycles. The number of carbonyl (C=O) groups excluding carboxylic acids is 1. The van der Waals surface area contributed by atoms with E-state index in [4.69, 9.17) is 9.47 Å². The van der Waals surface area contributed by atoms with E-state index in [1.165, 1.54) is 11.1 Å².